The zero-order chi connectivity index (χ0) is 20.7. The Balaban J connectivity index is 1.62. The average Bonchev–Trinajstić information content (AvgIpc) is 3.48. The molecule has 0 aliphatic carbocycles. The van der Waals surface area contributed by atoms with Crippen LogP contribution in [0.3, 0.4) is 0 Å². The fourth-order valence-corrected chi connectivity index (χ4v) is 4.92. The third-order valence-electron chi connectivity index (χ3n) is 6.33. The van der Waals surface area contributed by atoms with E-state index >= 15 is 0 Å². The summed E-state index contributed by atoms with van der Waals surface area (Å²) in [4.78, 5) is 18.7. The van der Waals surface area contributed by atoms with Gasteiger partial charge in [-0.25, -0.2) is 4.68 Å². The molecule has 0 bridgehead atoms. The van der Waals surface area contributed by atoms with Gasteiger partial charge in [-0.15, -0.1) is 5.10 Å². The molecular weight excluding hydrogens is 380 g/mol. The van der Waals surface area contributed by atoms with E-state index in [0.717, 1.165) is 67.7 Å². The Morgan fingerprint density at radius 2 is 2.03 bits per heavy atom. The number of aryl methyl sites for hydroxylation is 2. The Labute approximate surface area is 175 Å². The van der Waals surface area contributed by atoms with E-state index in [2.05, 4.69) is 44.5 Å². The number of aromatic nitrogens is 5. The summed E-state index contributed by atoms with van der Waals surface area (Å²) in [5, 5.41) is 13.7. The average molecular weight is 409 g/mol. The van der Waals surface area contributed by atoms with E-state index in [9.17, 15) is 4.79 Å². The van der Waals surface area contributed by atoms with Gasteiger partial charge in [0.15, 0.2) is 5.82 Å². The van der Waals surface area contributed by atoms with Crippen molar-refractivity contribution in [3.8, 4) is 0 Å². The maximum atomic E-state index is 13.2. The Hall–Kier alpha value is -2.58. The molecule has 0 saturated carbocycles. The normalized spacial score (nSPS) is 20.9. The summed E-state index contributed by atoms with van der Waals surface area (Å²) in [6.07, 6.45) is 4.46. The van der Waals surface area contributed by atoms with Gasteiger partial charge in [-0.2, -0.15) is 0 Å². The molecule has 2 aliphatic rings. The molecule has 4 heterocycles. The van der Waals surface area contributed by atoms with Crippen molar-refractivity contribution in [2.45, 2.75) is 58.2 Å². The topological polar surface area (TPSA) is 88.9 Å². The molecule has 0 radical (unpaired) electrons. The zero-order valence-corrected chi connectivity index (χ0v) is 17.6. The van der Waals surface area contributed by atoms with Gasteiger partial charge in [0.1, 0.15) is 6.04 Å². The summed E-state index contributed by atoms with van der Waals surface area (Å²) < 4.78 is 7.64. The molecular formula is C22H28N6O2. The van der Waals surface area contributed by atoms with Gasteiger partial charge >= 0.3 is 0 Å². The van der Waals surface area contributed by atoms with Gasteiger partial charge < -0.3 is 9.72 Å². The number of aromatic amines is 1. The summed E-state index contributed by atoms with van der Waals surface area (Å²) in [7, 11) is 0. The number of pyridine rings is 1. The lowest BCUT2D eigenvalue weighted by molar-refractivity contribution is 0.0912. The fraction of sp³-hybridized carbons (Fsp3) is 0.545. The molecule has 0 spiro atoms. The van der Waals surface area contributed by atoms with Gasteiger partial charge in [0.2, 0.25) is 0 Å². The van der Waals surface area contributed by atoms with Crippen LogP contribution in [-0.2, 0) is 11.3 Å². The summed E-state index contributed by atoms with van der Waals surface area (Å²) >= 11 is 0. The number of ether oxygens (including phenoxy) is 1. The standard InChI is InChI=1S/C22H28N6O2/c1-14-10-15(2)19-16(11-14)12-18(22(29)23-19)20(27-7-3-4-8-27)21-24-25-26-28(21)13-17-6-5-9-30-17/h10-12,17,20H,3-9,13H2,1-2H3,(H,23,29)/t17-,20-/m1/s1. The molecule has 2 aliphatic heterocycles. The van der Waals surface area contributed by atoms with Crippen LogP contribution in [0.4, 0.5) is 0 Å². The van der Waals surface area contributed by atoms with Crippen LogP contribution < -0.4 is 5.56 Å². The molecule has 2 atom stereocenters. The van der Waals surface area contributed by atoms with E-state index in [1.807, 2.05) is 17.7 Å². The van der Waals surface area contributed by atoms with Gasteiger partial charge in [-0.05, 0) is 86.1 Å². The number of H-pyrrole nitrogens is 1. The second-order valence-corrected chi connectivity index (χ2v) is 8.60. The van der Waals surface area contributed by atoms with E-state index in [4.69, 9.17) is 4.74 Å². The van der Waals surface area contributed by atoms with Crippen molar-refractivity contribution in [3.05, 3.63) is 51.1 Å². The second-order valence-electron chi connectivity index (χ2n) is 8.60. The summed E-state index contributed by atoms with van der Waals surface area (Å²) in [6, 6.07) is 5.98. The van der Waals surface area contributed by atoms with E-state index in [1.165, 1.54) is 5.56 Å². The third-order valence-corrected chi connectivity index (χ3v) is 6.33. The smallest absolute Gasteiger partial charge is 0.253 e. The van der Waals surface area contributed by atoms with Gasteiger partial charge in [-0.1, -0.05) is 11.6 Å². The highest BCUT2D eigenvalue weighted by Crippen LogP contribution is 2.30. The number of hydrogen-bond acceptors (Lipinski definition) is 6. The van der Waals surface area contributed by atoms with Crippen molar-refractivity contribution in [3.63, 3.8) is 0 Å². The van der Waals surface area contributed by atoms with E-state index in [1.54, 1.807) is 0 Å². The monoisotopic (exact) mass is 408 g/mol. The minimum absolute atomic E-state index is 0.0713. The number of benzene rings is 1. The minimum atomic E-state index is -0.266. The van der Waals surface area contributed by atoms with Gasteiger partial charge in [-0.3, -0.25) is 9.69 Å². The van der Waals surface area contributed by atoms with Crippen molar-refractivity contribution in [1.29, 1.82) is 0 Å². The number of likely N-dealkylation sites (tertiary alicyclic amines) is 1. The molecule has 3 aromatic rings. The highest BCUT2D eigenvalue weighted by Gasteiger charge is 2.33. The first kappa shape index (κ1) is 19.4. The highest BCUT2D eigenvalue weighted by molar-refractivity contribution is 5.83. The number of hydrogen-bond donors (Lipinski definition) is 1. The van der Waals surface area contributed by atoms with E-state index < -0.39 is 0 Å². The lowest BCUT2D eigenvalue weighted by Gasteiger charge is -2.27. The lowest BCUT2D eigenvalue weighted by Crippen LogP contribution is -2.34. The molecule has 30 heavy (non-hydrogen) atoms. The highest BCUT2D eigenvalue weighted by atomic mass is 16.5. The largest absolute Gasteiger partial charge is 0.376 e. The van der Waals surface area contributed by atoms with Crippen LogP contribution in [-0.4, -0.2) is 55.9 Å². The number of nitrogens with one attached hydrogen (secondary N) is 1. The predicted octanol–water partition coefficient (Wildman–Crippen LogP) is 2.50. The van der Waals surface area contributed by atoms with Crippen LogP contribution in [0.15, 0.2) is 23.0 Å². The number of rotatable bonds is 5. The zero-order valence-electron chi connectivity index (χ0n) is 17.6. The molecule has 1 N–H and O–H groups in total. The first-order valence-corrected chi connectivity index (χ1v) is 10.9. The maximum Gasteiger partial charge on any atom is 0.253 e. The molecule has 2 saturated heterocycles. The molecule has 5 rings (SSSR count). The van der Waals surface area contributed by atoms with Crippen molar-refractivity contribution >= 4 is 10.9 Å². The summed E-state index contributed by atoms with van der Waals surface area (Å²) in [5.74, 6) is 0.724. The lowest BCUT2D eigenvalue weighted by atomic mass is 10.0. The van der Waals surface area contributed by atoms with Gasteiger partial charge in [0, 0.05) is 12.2 Å². The van der Waals surface area contributed by atoms with Crippen LogP contribution in [0, 0.1) is 13.8 Å². The van der Waals surface area contributed by atoms with Crippen LogP contribution in [0.2, 0.25) is 0 Å². The van der Waals surface area contributed by atoms with Crippen LogP contribution >= 0.6 is 0 Å². The number of tetrazole rings is 1. The number of nitrogens with zero attached hydrogens (tertiary/aromatic N) is 5. The van der Waals surface area contributed by atoms with Crippen LogP contribution in [0.25, 0.3) is 10.9 Å². The molecule has 8 nitrogen and oxygen atoms in total. The Morgan fingerprint density at radius 3 is 2.80 bits per heavy atom. The van der Waals surface area contributed by atoms with E-state index in [-0.39, 0.29) is 17.7 Å². The quantitative estimate of drug-likeness (QED) is 0.698. The Morgan fingerprint density at radius 1 is 1.20 bits per heavy atom. The maximum absolute atomic E-state index is 13.2. The van der Waals surface area contributed by atoms with Gasteiger partial charge in [0.05, 0.1) is 18.2 Å². The van der Waals surface area contributed by atoms with Crippen LogP contribution in [0.1, 0.15) is 54.2 Å². The SMILES string of the molecule is Cc1cc(C)c2[nH]c(=O)c([C@H](c3nnnn3C[C@H]3CCCO3)N3CCCC3)cc2c1. The first-order valence-electron chi connectivity index (χ1n) is 10.9. The molecule has 2 fully saturated rings. The van der Waals surface area contributed by atoms with Crippen molar-refractivity contribution in [2.24, 2.45) is 0 Å². The molecule has 0 amide bonds. The van der Waals surface area contributed by atoms with Gasteiger partial charge in [0.25, 0.3) is 5.56 Å². The first-order chi connectivity index (χ1) is 14.6. The second kappa shape index (κ2) is 7.92. The predicted molar refractivity (Wildman–Crippen MR) is 113 cm³/mol. The Kier molecular flexibility index (Phi) is 5.12. The molecule has 8 heteroatoms. The molecule has 2 aromatic heterocycles. The minimum Gasteiger partial charge on any atom is -0.376 e. The van der Waals surface area contributed by atoms with Crippen LogP contribution in [0.5, 0.6) is 0 Å². The fourth-order valence-electron chi connectivity index (χ4n) is 4.92. The van der Waals surface area contributed by atoms with E-state index in [0.29, 0.717) is 12.1 Å². The molecule has 0 unspecified atom stereocenters. The summed E-state index contributed by atoms with van der Waals surface area (Å²) in [5.41, 5.74) is 3.79. The van der Waals surface area contributed by atoms with Crippen molar-refractivity contribution in [1.82, 2.24) is 30.1 Å². The summed E-state index contributed by atoms with van der Waals surface area (Å²) in [6.45, 7) is 7.39. The van der Waals surface area contributed by atoms with Crippen molar-refractivity contribution < 1.29 is 4.74 Å². The van der Waals surface area contributed by atoms with Crippen molar-refractivity contribution in [2.75, 3.05) is 19.7 Å². The Bertz CT molecular complexity index is 1110. The number of fused-ring (bicyclic) bond motifs is 1. The third kappa shape index (κ3) is 3.54. The molecule has 158 valence electrons. The molecule has 1 aromatic carbocycles.